The molecule has 0 aromatic heterocycles. The highest BCUT2D eigenvalue weighted by Crippen LogP contribution is 2.23. The molecule has 2 heterocycles. The summed E-state index contributed by atoms with van der Waals surface area (Å²) in [5.74, 6) is -0.221. The number of nitrogens with zero attached hydrogens (tertiary/aromatic N) is 1. The number of piperidine rings is 1. The number of amides is 2. The summed E-state index contributed by atoms with van der Waals surface area (Å²) in [5.41, 5.74) is 7.60. The number of primary amides is 1. The van der Waals surface area contributed by atoms with Crippen LogP contribution in [0.2, 0.25) is 0 Å². The van der Waals surface area contributed by atoms with E-state index in [0.717, 1.165) is 37.1 Å². The number of nitrogens with two attached hydrogens (primary N) is 1. The van der Waals surface area contributed by atoms with Crippen molar-refractivity contribution in [2.75, 3.05) is 31.2 Å². The van der Waals surface area contributed by atoms with Crippen LogP contribution in [-0.4, -0.2) is 38.1 Å². The van der Waals surface area contributed by atoms with Crippen molar-refractivity contribution < 1.29 is 14.3 Å². The lowest BCUT2D eigenvalue weighted by molar-refractivity contribution is -0.125. The fraction of sp³-hybridized carbons (Fsp3) is 0.556. The molecule has 6 heteroatoms. The zero-order chi connectivity index (χ0) is 16.9. The van der Waals surface area contributed by atoms with E-state index in [2.05, 4.69) is 10.2 Å². The van der Waals surface area contributed by atoms with Crippen molar-refractivity contribution in [1.29, 1.82) is 0 Å². The van der Waals surface area contributed by atoms with Crippen LogP contribution in [0, 0.1) is 11.8 Å². The number of anilines is 1. The summed E-state index contributed by atoms with van der Waals surface area (Å²) in [6, 6.07) is 8.14. The van der Waals surface area contributed by atoms with Gasteiger partial charge in [0.05, 0.1) is 18.4 Å². The van der Waals surface area contributed by atoms with Crippen molar-refractivity contribution in [3.8, 4) is 0 Å². The maximum Gasteiger partial charge on any atom is 0.225 e. The summed E-state index contributed by atoms with van der Waals surface area (Å²) >= 11 is 0. The van der Waals surface area contributed by atoms with Crippen LogP contribution in [0.3, 0.4) is 0 Å². The quantitative estimate of drug-likeness (QED) is 0.844. The van der Waals surface area contributed by atoms with Gasteiger partial charge < -0.3 is 20.7 Å². The number of rotatable bonds is 5. The molecule has 1 aromatic carbocycles. The van der Waals surface area contributed by atoms with Gasteiger partial charge in [0, 0.05) is 31.9 Å². The van der Waals surface area contributed by atoms with Crippen LogP contribution in [0.15, 0.2) is 24.3 Å². The second kappa shape index (κ2) is 7.66. The van der Waals surface area contributed by atoms with Crippen molar-refractivity contribution >= 4 is 17.5 Å². The number of hydrogen-bond donors (Lipinski definition) is 2. The molecular weight excluding hydrogens is 306 g/mol. The lowest BCUT2D eigenvalue weighted by Crippen LogP contribution is -2.41. The molecule has 2 atom stereocenters. The Morgan fingerprint density at radius 2 is 2.00 bits per heavy atom. The molecule has 2 fully saturated rings. The number of carbonyl (C=O) groups is 2. The van der Waals surface area contributed by atoms with Crippen LogP contribution < -0.4 is 16.0 Å². The van der Waals surface area contributed by atoms with Crippen LogP contribution in [0.25, 0.3) is 0 Å². The van der Waals surface area contributed by atoms with Gasteiger partial charge in [0.25, 0.3) is 0 Å². The first-order valence-corrected chi connectivity index (χ1v) is 8.62. The Labute approximate surface area is 142 Å². The predicted molar refractivity (Wildman–Crippen MR) is 91.3 cm³/mol. The van der Waals surface area contributed by atoms with E-state index in [4.69, 9.17) is 10.5 Å². The van der Waals surface area contributed by atoms with Gasteiger partial charge in [-0.25, -0.2) is 0 Å². The summed E-state index contributed by atoms with van der Waals surface area (Å²) in [5, 5.41) is 2.97. The van der Waals surface area contributed by atoms with E-state index < -0.39 is 0 Å². The summed E-state index contributed by atoms with van der Waals surface area (Å²) in [7, 11) is 0. The molecule has 2 amide bonds. The van der Waals surface area contributed by atoms with Gasteiger partial charge in [0.2, 0.25) is 11.8 Å². The maximum atomic E-state index is 12.0. The molecule has 24 heavy (non-hydrogen) atoms. The molecular formula is C18H25N3O3. The van der Waals surface area contributed by atoms with E-state index >= 15 is 0 Å². The van der Waals surface area contributed by atoms with Crippen molar-refractivity contribution in [2.24, 2.45) is 17.6 Å². The molecule has 3 N–H and O–H groups in total. The third-order valence-corrected chi connectivity index (χ3v) is 4.89. The van der Waals surface area contributed by atoms with Crippen LogP contribution in [-0.2, 0) is 20.9 Å². The molecule has 2 aliphatic heterocycles. The lowest BCUT2D eigenvalue weighted by atomic mass is 9.97. The summed E-state index contributed by atoms with van der Waals surface area (Å²) in [6.07, 6.45) is 2.66. The average molecular weight is 331 g/mol. The first-order chi connectivity index (χ1) is 11.6. The van der Waals surface area contributed by atoms with E-state index in [9.17, 15) is 9.59 Å². The van der Waals surface area contributed by atoms with Crippen LogP contribution in [0.5, 0.6) is 0 Å². The number of ether oxygens (including phenoxy) is 1. The minimum Gasteiger partial charge on any atom is -0.381 e. The Morgan fingerprint density at radius 3 is 2.67 bits per heavy atom. The van der Waals surface area contributed by atoms with E-state index in [0.29, 0.717) is 26.3 Å². The van der Waals surface area contributed by atoms with Crippen LogP contribution >= 0.6 is 0 Å². The maximum absolute atomic E-state index is 12.0. The molecule has 2 unspecified atom stereocenters. The largest absolute Gasteiger partial charge is 0.381 e. The van der Waals surface area contributed by atoms with Crippen molar-refractivity contribution in [3.05, 3.63) is 29.8 Å². The fourth-order valence-corrected chi connectivity index (χ4v) is 3.34. The van der Waals surface area contributed by atoms with Gasteiger partial charge in [-0.2, -0.15) is 0 Å². The minimum atomic E-state index is -0.213. The van der Waals surface area contributed by atoms with E-state index in [-0.39, 0.29) is 23.7 Å². The molecule has 0 radical (unpaired) electrons. The third-order valence-electron chi connectivity index (χ3n) is 4.89. The number of benzene rings is 1. The van der Waals surface area contributed by atoms with Gasteiger partial charge in [-0.15, -0.1) is 0 Å². The summed E-state index contributed by atoms with van der Waals surface area (Å²) in [6.45, 7) is 3.36. The van der Waals surface area contributed by atoms with E-state index in [1.807, 2.05) is 24.3 Å². The van der Waals surface area contributed by atoms with Crippen molar-refractivity contribution in [1.82, 2.24) is 5.32 Å². The molecule has 0 spiro atoms. The first-order valence-electron chi connectivity index (χ1n) is 8.62. The second-order valence-electron chi connectivity index (χ2n) is 6.63. The van der Waals surface area contributed by atoms with Gasteiger partial charge in [-0.1, -0.05) is 12.1 Å². The van der Waals surface area contributed by atoms with Gasteiger partial charge >= 0.3 is 0 Å². The third kappa shape index (κ3) is 4.06. The Hall–Kier alpha value is -2.08. The molecule has 1 aromatic rings. The molecule has 130 valence electrons. The standard InChI is InChI=1S/C18H25N3O3/c19-17(22)14-2-1-8-21(11-14)16-5-3-13(4-6-16)10-20-18(23)15-7-9-24-12-15/h3-6,14-15H,1-2,7-12H2,(H2,19,22)(H,20,23). The van der Waals surface area contributed by atoms with Crippen LogP contribution in [0.1, 0.15) is 24.8 Å². The van der Waals surface area contributed by atoms with E-state index in [1.165, 1.54) is 0 Å². The topological polar surface area (TPSA) is 84.7 Å². The number of carbonyl (C=O) groups excluding carboxylic acids is 2. The lowest BCUT2D eigenvalue weighted by Gasteiger charge is -2.33. The Bertz CT molecular complexity index is 582. The highest BCUT2D eigenvalue weighted by atomic mass is 16.5. The molecule has 0 aliphatic carbocycles. The highest BCUT2D eigenvalue weighted by Gasteiger charge is 2.24. The van der Waals surface area contributed by atoms with Gasteiger partial charge in [0.1, 0.15) is 0 Å². The SMILES string of the molecule is NC(=O)C1CCCN(c2ccc(CNC(=O)C3CCOC3)cc2)C1. The van der Waals surface area contributed by atoms with E-state index in [1.54, 1.807) is 0 Å². The molecule has 0 bridgehead atoms. The summed E-state index contributed by atoms with van der Waals surface area (Å²) < 4.78 is 5.24. The van der Waals surface area contributed by atoms with Crippen LogP contribution in [0.4, 0.5) is 5.69 Å². The first kappa shape index (κ1) is 16.8. The second-order valence-corrected chi connectivity index (χ2v) is 6.63. The van der Waals surface area contributed by atoms with Gasteiger partial charge in [-0.05, 0) is 37.0 Å². The minimum absolute atomic E-state index is 0.0108. The Morgan fingerprint density at radius 1 is 1.21 bits per heavy atom. The number of hydrogen-bond acceptors (Lipinski definition) is 4. The Kier molecular flexibility index (Phi) is 5.35. The highest BCUT2D eigenvalue weighted by molar-refractivity contribution is 5.79. The zero-order valence-corrected chi connectivity index (χ0v) is 13.9. The normalized spacial score (nSPS) is 23.9. The molecule has 3 rings (SSSR count). The molecule has 2 aliphatic rings. The average Bonchev–Trinajstić information content (AvgIpc) is 3.15. The predicted octanol–water partition coefficient (Wildman–Crippen LogP) is 1.04. The fourth-order valence-electron chi connectivity index (χ4n) is 3.34. The zero-order valence-electron chi connectivity index (χ0n) is 13.9. The Balaban J connectivity index is 1.53. The monoisotopic (exact) mass is 331 g/mol. The van der Waals surface area contributed by atoms with Gasteiger partial charge in [-0.3, -0.25) is 9.59 Å². The molecule has 2 saturated heterocycles. The molecule has 6 nitrogen and oxygen atoms in total. The van der Waals surface area contributed by atoms with Crippen molar-refractivity contribution in [3.63, 3.8) is 0 Å². The summed E-state index contributed by atoms with van der Waals surface area (Å²) in [4.78, 5) is 25.6. The van der Waals surface area contributed by atoms with Crippen molar-refractivity contribution in [2.45, 2.75) is 25.8 Å². The smallest absolute Gasteiger partial charge is 0.225 e. The van der Waals surface area contributed by atoms with Gasteiger partial charge in [0.15, 0.2) is 0 Å². The number of nitrogens with one attached hydrogen (secondary N) is 1. The molecule has 0 saturated carbocycles.